The highest BCUT2D eigenvalue weighted by Gasteiger charge is 2.23. The Morgan fingerprint density at radius 1 is 1.19 bits per heavy atom. The second kappa shape index (κ2) is 10.6. The van der Waals surface area contributed by atoms with Crippen molar-refractivity contribution in [1.82, 2.24) is 4.98 Å². The van der Waals surface area contributed by atoms with E-state index in [1.54, 1.807) is 33.9 Å². The van der Waals surface area contributed by atoms with Crippen molar-refractivity contribution >= 4 is 39.2 Å². The lowest BCUT2D eigenvalue weighted by Gasteiger charge is -2.22. The van der Waals surface area contributed by atoms with Crippen molar-refractivity contribution in [2.45, 2.75) is 53.1 Å². The van der Waals surface area contributed by atoms with E-state index in [9.17, 15) is 9.18 Å². The van der Waals surface area contributed by atoms with Gasteiger partial charge in [0.15, 0.2) is 0 Å². The molecule has 0 saturated carbocycles. The summed E-state index contributed by atoms with van der Waals surface area (Å²) in [5.74, 6) is 0.0117. The Hall–Kier alpha value is -3.22. The van der Waals surface area contributed by atoms with E-state index < -0.39 is 11.4 Å². The average Bonchev–Trinajstić information content (AvgIpc) is 2.80. The number of carbonyl (C=O) groups is 1. The van der Waals surface area contributed by atoms with E-state index in [2.05, 4.69) is 4.98 Å². The first-order chi connectivity index (χ1) is 17.5. The summed E-state index contributed by atoms with van der Waals surface area (Å²) >= 11 is 6.43. The molecule has 0 radical (unpaired) electrons. The molecular formula is C30H31ClFNO4. The Morgan fingerprint density at radius 3 is 2.62 bits per heavy atom. The number of hydrogen-bond donors (Lipinski definition) is 1. The van der Waals surface area contributed by atoms with E-state index in [0.717, 1.165) is 56.3 Å². The number of hydrogen-bond acceptors (Lipinski definition) is 5. The van der Waals surface area contributed by atoms with Gasteiger partial charge in [0, 0.05) is 29.0 Å². The molecule has 3 aromatic carbocycles. The second-order valence-corrected chi connectivity index (χ2v) is 10.5. The van der Waals surface area contributed by atoms with Gasteiger partial charge in [0.25, 0.3) is 0 Å². The lowest BCUT2D eigenvalue weighted by atomic mass is 9.86. The van der Waals surface area contributed by atoms with Gasteiger partial charge in [0.05, 0.1) is 35.8 Å². The number of aromatic nitrogens is 1. The van der Waals surface area contributed by atoms with Crippen LogP contribution >= 0.6 is 11.6 Å². The zero-order valence-corrected chi connectivity index (χ0v) is 22.5. The Kier molecular flexibility index (Phi) is 7.72. The molecule has 1 aliphatic rings. The summed E-state index contributed by atoms with van der Waals surface area (Å²) in [6, 6.07) is 10.5. The van der Waals surface area contributed by atoms with Gasteiger partial charge in [-0.1, -0.05) is 11.6 Å². The van der Waals surface area contributed by atoms with Crippen molar-refractivity contribution in [2.24, 2.45) is 0 Å². The van der Waals surface area contributed by atoms with Gasteiger partial charge >= 0.3 is 5.97 Å². The van der Waals surface area contributed by atoms with Crippen molar-refractivity contribution in [2.75, 3.05) is 13.2 Å². The van der Waals surface area contributed by atoms with E-state index in [-0.39, 0.29) is 12.4 Å². The summed E-state index contributed by atoms with van der Waals surface area (Å²) in [6.45, 7) is 9.85. The van der Waals surface area contributed by atoms with Crippen LogP contribution in [0.1, 0.15) is 44.4 Å². The van der Waals surface area contributed by atoms with Crippen LogP contribution in [0, 0.1) is 12.7 Å². The van der Waals surface area contributed by atoms with Gasteiger partial charge in [-0.25, -0.2) is 4.39 Å². The standard InChI is InChI=1S/C26H21ClFNO3.C4H10O/c1-3-31-23(30)13-18-14(2)10-19-20(11-16(28)12-21(19)27)25(18)17-4-5-22-24-15(7-9-32-22)6-8-29-26(17)24;1-4(2,3)5/h4-6,8,10-12H,3,7,9,13H2,1-2H3;5H,1-3H3. The van der Waals surface area contributed by atoms with Crippen LogP contribution in [0.5, 0.6) is 5.75 Å². The van der Waals surface area contributed by atoms with Crippen molar-refractivity contribution in [3.63, 3.8) is 0 Å². The smallest absolute Gasteiger partial charge is 0.310 e. The summed E-state index contributed by atoms with van der Waals surface area (Å²) in [5.41, 5.74) is 4.63. The fraction of sp³-hybridized carbons (Fsp3) is 0.333. The summed E-state index contributed by atoms with van der Waals surface area (Å²) in [7, 11) is 0. The summed E-state index contributed by atoms with van der Waals surface area (Å²) in [5, 5.41) is 11.2. The van der Waals surface area contributed by atoms with E-state index in [1.165, 1.54) is 12.1 Å². The molecule has 0 spiro atoms. The number of fused-ring (bicyclic) bond motifs is 1. The number of benzene rings is 3. The Morgan fingerprint density at radius 2 is 1.92 bits per heavy atom. The van der Waals surface area contributed by atoms with Crippen LogP contribution in [0.3, 0.4) is 0 Å². The molecule has 7 heteroatoms. The molecule has 1 aromatic heterocycles. The molecule has 0 fully saturated rings. The number of aliphatic hydroxyl groups is 1. The maximum absolute atomic E-state index is 14.5. The van der Waals surface area contributed by atoms with Crippen LogP contribution in [-0.2, 0) is 22.4 Å². The zero-order chi connectivity index (χ0) is 26.9. The van der Waals surface area contributed by atoms with Gasteiger partial charge in [-0.2, -0.15) is 0 Å². The lowest BCUT2D eigenvalue weighted by molar-refractivity contribution is -0.142. The number of aryl methyl sites for hydroxylation is 1. The van der Waals surface area contributed by atoms with Gasteiger partial charge in [-0.05, 0) is 98.7 Å². The van der Waals surface area contributed by atoms with Crippen LogP contribution in [0.25, 0.3) is 32.8 Å². The third kappa shape index (κ3) is 5.86. The van der Waals surface area contributed by atoms with Crippen molar-refractivity contribution < 1.29 is 23.8 Å². The maximum Gasteiger partial charge on any atom is 0.310 e. The third-order valence-corrected chi connectivity index (χ3v) is 6.28. The quantitative estimate of drug-likeness (QED) is 0.292. The van der Waals surface area contributed by atoms with Gasteiger partial charge in [-0.3, -0.25) is 9.78 Å². The Bertz CT molecular complexity index is 1480. The molecule has 1 aliphatic heterocycles. The van der Waals surface area contributed by atoms with Gasteiger partial charge in [-0.15, -0.1) is 0 Å². The predicted octanol–water partition coefficient (Wildman–Crippen LogP) is 6.97. The molecule has 5 rings (SSSR count). The predicted molar refractivity (Wildman–Crippen MR) is 146 cm³/mol. The molecule has 194 valence electrons. The number of halogens is 2. The molecule has 5 nitrogen and oxygen atoms in total. The van der Waals surface area contributed by atoms with Crippen LogP contribution in [0.15, 0.2) is 42.6 Å². The molecule has 37 heavy (non-hydrogen) atoms. The highest BCUT2D eigenvalue weighted by atomic mass is 35.5. The van der Waals surface area contributed by atoms with Crippen LogP contribution < -0.4 is 4.74 Å². The minimum Gasteiger partial charge on any atom is -0.493 e. The molecular weight excluding hydrogens is 493 g/mol. The van der Waals surface area contributed by atoms with Gasteiger partial charge in [0.1, 0.15) is 11.6 Å². The highest BCUT2D eigenvalue weighted by molar-refractivity contribution is 6.36. The fourth-order valence-corrected chi connectivity index (χ4v) is 4.86. The first kappa shape index (κ1) is 26.8. The average molecular weight is 524 g/mol. The number of carbonyl (C=O) groups excluding carboxylic acids is 1. The summed E-state index contributed by atoms with van der Waals surface area (Å²) in [6.07, 6.45) is 2.64. The molecule has 0 saturated heterocycles. The fourth-order valence-electron chi connectivity index (χ4n) is 4.60. The molecule has 0 bridgehead atoms. The molecule has 1 N–H and O–H groups in total. The monoisotopic (exact) mass is 523 g/mol. The van der Waals surface area contributed by atoms with Gasteiger partial charge in [0.2, 0.25) is 0 Å². The van der Waals surface area contributed by atoms with E-state index in [0.29, 0.717) is 23.6 Å². The van der Waals surface area contributed by atoms with E-state index in [1.807, 2.05) is 31.2 Å². The highest BCUT2D eigenvalue weighted by Crippen LogP contribution is 2.43. The SMILES string of the molecule is CC(C)(C)O.CCOC(=O)Cc1c(C)cc2c(Cl)cc(F)cc2c1-c1ccc2c3c(ccnc13)CCO2. The lowest BCUT2D eigenvalue weighted by Crippen LogP contribution is -2.11. The molecule has 2 heterocycles. The van der Waals surface area contributed by atoms with E-state index >= 15 is 0 Å². The van der Waals surface area contributed by atoms with Crippen molar-refractivity contribution in [3.8, 4) is 16.9 Å². The van der Waals surface area contributed by atoms with E-state index in [4.69, 9.17) is 26.2 Å². The van der Waals surface area contributed by atoms with Crippen LogP contribution in [0.4, 0.5) is 4.39 Å². The van der Waals surface area contributed by atoms with Crippen LogP contribution in [-0.4, -0.2) is 34.9 Å². The summed E-state index contributed by atoms with van der Waals surface area (Å²) in [4.78, 5) is 17.2. The van der Waals surface area contributed by atoms with Crippen LogP contribution in [0.2, 0.25) is 5.02 Å². The van der Waals surface area contributed by atoms with Crippen molar-refractivity contribution in [1.29, 1.82) is 0 Å². The minimum absolute atomic E-state index is 0.0680. The first-order valence-electron chi connectivity index (χ1n) is 12.3. The first-order valence-corrected chi connectivity index (χ1v) is 12.7. The van der Waals surface area contributed by atoms with Gasteiger partial charge < -0.3 is 14.6 Å². The molecule has 0 atom stereocenters. The summed E-state index contributed by atoms with van der Waals surface area (Å²) < 4.78 is 25.6. The number of esters is 1. The number of pyridine rings is 1. The minimum atomic E-state index is -0.500. The third-order valence-electron chi connectivity index (χ3n) is 5.97. The maximum atomic E-state index is 14.5. The second-order valence-electron chi connectivity index (χ2n) is 10.1. The normalized spacial score (nSPS) is 12.6. The zero-order valence-electron chi connectivity index (χ0n) is 21.7. The Labute approximate surface area is 221 Å². The van der Waals surface area contributed by atoms with Crippen molar-refractivity contribution in [3.05, 3.63) is 70.1 Å². The molecule has 0 unspecified atom stereocenters. The largest absolute Gasteiger partial charge is 0.493 e. The number of rotatable bonds is 4. The molecule has 0 aliphatic carbocycles. The number of nitrogens with zero attached hydrogens (tertiary/aromatic N) is 1. The molecule has 4 aromatic rings. The molecule has 0 amide bonds. The number of ether oxygens (including phenoxy) is 2. The Balaban J connectivity index is 0.000000586. The topological polar surface area (TPSA) is 68.7 Å².